The summed E-state index contributed by atoms with van der Waals surface area (Å²) in [5, 5.41) is 0. The summed E-state index contributed by atoms with van der Waals surface area (Å²) in [6, 6.07) is 16.3. The molecule has 0 unspecified atom stereocenters. The minimum absolute atomic E-state index is 0.0492. The number of hydrogen-bond donors (Lipinski definition) is 1. The first kappa shape index (κ1) is 12.7. The van der Waals surface area contributed by atoms with Crippen molar-refractivity contribution < 1.29 is 4.74 Å². The van der Waals surface area contributed by atoms with Crippen LogP contribution in [0.4, 0.5) is 5.69 Å². The number of nitrogen functional groups attached to an aromatic ring is 1. The van der Waals surface area contributed by atoms with Gasteiger partial charge in [0.2, 0.25) is 0 Å². The molecule has 0 aliphatic carbocycles. The van der Waals surface area contributed by atoms with Crippen molar-refractivity contribution in [3.05, 3.63) is 65.2 Å². The van der Waals surface area contributed by atoms with E-state index in [1.54, 1.807) is 0 Å². The molecule has 2 rings (SSSR count). The van der Waals surface area contributed by atoms with Gasteiger partial charge in [-0.2, -0.15) is 0 Å². The van der Waals surface area contributed by atoms with E-state index in [0.717, 1.165) is 16.8 Å². The van der Waals surface area contributed by atoms with Crippen molar-refractivity contribution in [1.29, 1.82) is 0 Å². The molecular weight excluding hydrogens is 222 g/mol. The molecule has 0 spiro atoms. The van der Waals surface area contributed by atoms with Gasteiger partial charge >= 0.3 is 0 Å². The second kappa shape index (κ2) is 5.69. The summed E-state index contributed by atoms with van der Waals surface area (Å²) in [5.41, 5.74) is 10.1. The number of benzene rings is 2. The quantitative estimate of drug-likeness (QED) is 0.825. The Morgan fingerprint density at radius 3 is 2.50 bits per heavy atom. The molecule has 0 saturated carbocycles. The lowest BCUT2D eigenvalue weighted by atomic mass is 10.1. The first-order chi connectivity index (χ1) is 8.66. The van der Waals surface area contributed by atoms with E-state index in [1.165, 1.54) is 5.56 Å². The summed E-state index contributed by atoms with van der Waals surface area (Å²) in [6.07, 6.45) is 0.0492. The molecule has 2 aromatic rings. The van der Waals surface area contributed by atoms with Crippen LogP contribution in [0.15, 0.2) is 48.5 Å². The Balaban J connectivity index is 1.99. The standard InChI is InChI=1S/C16H19NO/c1-12-8-9-15(10-16(12)17)13(2)18-11-14-6-4-3-5-7-14/h3-10,13H,11,17H2,1-2H3/t13-/m1/s1. The van der Waals surface area contributed by atoms with Crippen LogP contribution in [0.3, 0.4) is 0 Å². The molecule has 0 bridgehead atoms. The van der Waals surface area contributed by atoms with Gasteiger partial charge in [-0.25, -0.2) is 0 Å². The maximum absolute atomic E-state index is 5.91. The zero-order valence-corrected chi connectivity index (χ0v) is 10.9. The van der Waals surface area contributed by atoms with Gasteiger partial charge in [0, 0.05) is 5.69 Å². The fraction of sp³-hybridized carbons (Fsp3) is 0.250. The van der Waals surface area contributed by atoms with Crippen LogP contribution in [0.5, 0.6) is 0 Å². The van der Waals surface area contributed by atoms with E-state index < -0.39 is 0 Å². The molecule has 2 N–H and O–H groups in total. The molecule has 0 aliphatic heterocycles. The van der Waals surface area contributed by atoms with Crippen LogP contribution in [0, 0.1) is 6.92 Å². The van der Waals surface area contributed by atoms with Gasteiger partial charge < -0.3 is 10.5 Å². The Morgan fingerprint density at radius 1 is 1.11 bits per heavy atom. The van der Waals surface area contributed by atoms with E-state index in [4.69, 9.17) is 10.5 Å². The lowest BCUT2D eigenvalue weighted by Gasteiger charge is -2.14. The lowest BCUT2D eigenvalue weighted by molar-refractivity contribution is 0.0526. The Morgan fingerprint density at radius 2 is 1.83 bits per heavy atom. The van der Waals surface area contributed by atoms with Crippen molar-refractivity contribution in [1.82, 2.24) is 0 Å². The SMILES string of the molecule is Cc1ccc([C@@H](C)OCc2ccccc2)cc1N. The minimum atomic E-state index is 0.0492. The molecule has 2 aromatic carbocycles. The monoisotopic (exact) mass is 241 g/mol. The van der Waals surface area contributed by atoms with E-state index in [1.807, 2.05) is 44.2 Å². The van der Waals surface area contributed by atoms with Gasteiger partial charge in [-0.05, 0) is 36.6 Å². The van der Waals surface area contributed by atoms with Crippen LogP contribution in [0.1, 0.15) is 29.7 Å². The summed E-state index contributed by atoms with van der Waals surface area (Å²) in [7, 11) is 0. The van der Waals surface area contributed by atoms with Crippen molar-refractivity contribution in [3.63, 3.8) is 0 Å². The van der Waals surface area contributed by atoms with Gasteiger partial charge in [-0.15, -0.1) is 0 Å². The molecule has 2 heteroatoms. The van der Waals surface area contributed by atoms with E-state index >= 15 is 0 Å². The third kappa shape index (κ3) is 3.11. The van der Waals surface area contributed by atoms with Crippen molar-refractivity contribution >= 4 is 5.69 Å². The zero-order chi connectivity index (χ0) is 13.0. The van der Waals surface area contributed by atoms with E-state index in [0.29, 0.717) is 6.61 Å². The Kier molecular flexibility index (Phi) is 4.00. The molecule has 18 heavy (non-hydrogen) atoms. The van der Waals surface area contributed by atoms with Gasteiger partial charge in [0.05, 0.1) is 12.7 Å². The molecule has 0 aliphatic rings. The second-order valence-electron chi connectivity index (χ2n) is 4.55. The third-order valence-electron chi connectivity index (χ3n) is 3.12. The molecule has 0 radical (unpaired) electrons. The molecular formula is C16H19NO. The highest BCUT2D eigenvalue weighted by Gasteiger charge is 2.07. The molecule has 1 atom stereocenters. The van der Waals surface area contributed by atoms with Crippen LogP contribution in [-0.2, 0) is 11.3 Å². The average molecular weight is 241 g/mol. The Hall–Kier alpha value is -1.80. The number of rotatable bonds is 4. The number of hydrogen-bond acceptors (Lipinski definition) is 2. The van der Waals surface area contributed by atoms with Crippen molar-refractivity contribution in [2.75, 3.05) is 5.73 Å². The van der Waals surface area contributed by atoms with E-state index in [-0.39, 0.29) is 6.10 Å². The minimum Gasteiger partial charge on any atom is -0.399 e. The van der Waals surface area contributed by atoms with Crippen LogP contribution in [-0.4, -0.2) is 0 Å². The van der Waals surface area contributed by atoms with Crippen molar-refractivity contribution in [2.24, 2.45) is 0 Å². The molecule has 0 heterocycles. The Bertz CT molecular complexity index is 508. The highest BCUT2D eigenvalue weighted by Crippen LogP contribution is 2.22. The van der Waals surface area contributed by atoms with Gasteiger partial charge in [-0.3, -0.25) is 0 Å². The van der Waals surface area contributed by atoms with Crippen molar-refractivity contribution in [3.8, 4) is 0 Å². The summed E-state index contributed by atoms with van der Waals surface area (Å²) < 4.78 is 5.85. The highest BCUT2D eigenvalue weighted by molar-refractivity contribution is 5.48. The third-order valence-corrected chi connectivity index (χ3v) is 3.12. The van der Waals surface area contributed by atoms with Gasteiger partial charge in [-0.1, -0.05) is 42.5 Å². The van der Waals surface area contributed by atoms with Crippen LogP contribution in [0.2, 0.25) is 0 Å². The van der Waals surface area contributed by atoms with Crippen LogP contribution in [0.25, 0.3) is 0 Å². The first-order valence-corrected chi connectivity index (χ1v) is 6.18. The molecule has 0 fully saturated rings. The fourth-order valence-electron chi connectivity index (χ4n) is 1.80. The lowest BCUT2D eigenvalue weighted by Crippen LogP contribution is -2.02. The maximum atomic E-state index is 5.91. The van der Waals surface area contributed by atoms with Crippen molar-refractivity contribution in [2.45, 2.75) is 26.6 Å². The number of aryl methyl sites for hydroxylation is 1. The maximum Gasteiger partial charge on any atom is 0.0802 e. The largest absolute Gasteiger partial charge is 0.399 e. The molecule has 0 saturated heterocycles. The predicted octanol–water partition coefficient (Wildman–Crippen LogP) is 3.86. The summed E-state index contributed by atoms with van der Waals surface area (Å²) in [4.78, 5) is 0. The highest BCUT2D eigenvalue weighted by atomic mass is 16.5. The molecule has 2 nitrogen and oxygen atoms in total. The van der Waals surface area contributed by atoms with Gasteiger partial charge in [0.1, 0.15) is 0 Å². The molecule has 94 valence electrons. The number of ether oxygens (including phenoxy) is 1. The summed E-state index contributed by atoms with van der Waals surface area (Å²) >= 11 is 0. The molecule has 0 amide bonds. The predicted molar refractivity (Wildman–Crippen MR) is 75.2 cm³/mol. The molecule has 0 aromatic heterocycles. The van der Waals surface area contributed by atoms with Crippen LogP contribution >= 0.6 is 0 Å². The number of nitrogens with two attached hydrogens (primary N) is 1. The average Bonchev–Trinajstić information content (AvgIpc) is 2.40. The van der Waals surface area contributed by atoms with E-state index in [9.17, 15) is 0 Å². The van der Waals surface area contributed by atoms with E-state index in [2.05, 4.69) is 18.2 Å². The van der Waals surface area contributed by atoms with Crippen LogP contribution < -0.4 is 5.73 Å². The number of anilines is 1. The van der Waals surface area contributed by atoms with Gasteiger partial charge in [0.25, 0.3) is 0 Å². The zero-order valence-electron chi connectivity index (χ0n) is 10.9. The summed E-state index contributed by atoms with van der Waals surface area (Å²) in [5.74, 6) is 0. The first-order valence-electron chi connectivity index (χ1n) is 6.18. The topological polar surface area (TPSA) is 35.2 Å². The normalized spacial score (nSPS) is 12.3. The van der Waals surface area contributed by atoms with Gasteiger partial charge in [0.15, 0.2) is 0 Å². The summed E-state index contributed by atoms with van der Waals surface area (Å²) in [6.45, 7) is 4.68. The smallest absolute Gasteiger partial charge is 0.0802 e. The Labute approximate surface area is 108 Å². The second-order valence-corrected chi connectivity index (χ2v) is 4.55. The fourth-order valence-corrected chi connectivity index (χ4v) is 1.80.